The molecule has 0 aliphatic carbocycles. The lowest BCUT2D eigenvalue weighted by Gasteiger charge is -2.24. The molecule has 2 aromatic rings. The number of anilines is 1. The zero-order chi connectivity index (χ0) is 18.7. The SMILES string of the molecule is CC(C)C1=C(Nc2ccnc(Cc3cc(F)cc(Cl)c3)c2)CCNC1=O. The molecule has 1 amide bonds. The third kappa shape index (κ3) is 4.41. The fourth-order valence-electron chi connectivity index (χ4n) is 3.16. The van der Waals surface area contributed by atoms with Crippen molar-refractivity contribution in [2.75, 3.05) is 11.9 Å². The summed E-state index contributed by atoms with van der Waals surface area (Å²) in [6.07, 6.45) is 2.94. The molecule has 136 valence electrons. The van der Waals surface area contributed by atoms with E-state index < -0.39 is 0 Å². The van der Waals surface area contributed by atoms with Crippen molar-refractivity contribution >= 4 is 23.2 Å². The highest BCUT2D eigenvalue weighted by atomic mass is 35.5. The second-order valence-corrected chi connectivity index (χ2v) is 7.10. The first-order valence-corrected chi connectivity index (χ1v) is 8.98. The lowest BCUT2D eigenvalue weighted by molar-refractivity contribution is -0.118. The van der Waals surface area contributed by atoms with E-state index in [0.29, 0.717) is 18.0 Å². The van der Waals surface area contributed by atoms with Crippen LogP contribution in [-0.4, -0.2) is 17.4 Å². The standard InChI is InChI=1S/C20H21ClFN3O/c1-12(2)19-18(4-6-24-20(19)26)25-16-3-5-23-17(11-16)9-13-7-14(21)10-15(22)8-13/h3,5,7-8,10-12H,4,6,9H2,1-2H3,(H,23,25)(H,24,26). The summed E-state index contributed by atoms with van der Waals surface area (Å²) >= 11 is 5.92. The Morgan fingerprint density at radius 1 is 1.31 bits per heavy atom. The van der Waals surface area contributed by atoms with Crippen molar-refractivity contribution in [3.63, 3.8) is 0 Å². The molecule has 3 rings (SSSR count). The van der Waals surface area contributed by atoms with Crippen LogP contribution in [0.15, 0.2) is 47.8 Å². The number of amides is 1. The highest BCUT2D eigenvalue weighted by Gasteiger charge is 2.22. The van der Waals surface area contributed by atoms with Gasteiger partial charge in [0.05, 0.1) is 0 Å². The number of hydrogen-bond donors (Lipinski definition) is 2. The minimum Gasteiger partial charge on any atom is -0.358 e. The number of pyridine rings is 1. The molecular formula is C20H21ClFN3O. The predicted molar refractivity (Wildman–Crippen MR) is 102 cm³/mol. The van der Waals surface area contributed by atoms with Crippen LogP contribution in [0.2, 0.25) is 5.02 Å². The summed E-state index contributed by atoms with van der Waals surface area (Å²) in [6.45, 7) is 4.64. The fourth-order valence-corrected chi connectivity index (χ4v) is 3.40. The normalized spacial score (nSPS) is 14.6. The lowest BCUT2D eigenvalue weighted by Crippen LogP contribution is -2.35. The molecule has 1 aliphatic heterocycles. The van der Waals surface area contributed by atoms with E-state index in [1.54, 1.807) is 12.3 Å². The Balaban J connectivity index is 1.83. The van der Waals surface area contributed by atoms with Crippen LogP contribution in [0.1, 0.15) is 31.5 Å². The van der Waals surface area contributed by atoms with E-state index in [-0.39, 0.29) is 17.6 Å². The Morgan fingerprint density at radius 2 is 2.12 bits per heavy atom. The Morgan fingerprint density at radius 3 is 2.85 bits per heavy atom. The summed E-state index contributed by atoms with van der Waals surface area (Å²) in [5, 5.41) is 6.63. The molecule has 0 saturated heterocycles. The average Bonchev–Trinajstić information content (AvgIpc) is 2.54. The number of halogens is 2. The molecule has 0 bridgehead atoms. The van der Waals surface area contributed by atoms with Crippen molar-refractivity contribution < 1.29 is 9.18 Å². The lowest BCUT2D eigenvalue weighted by atomic mass is 9.96. The van der Waals surface area contributed by atoms with Crippen LogP contribution in [0.3, 0.4) is 0 Å². The van der Waals surface area contributed by atoms with Gasteiger partial charge in [0.1, 0.15) is 5.82 Å². The molecule has 1 aromatic heterocycles. The highest BCUT2D eigenvalue weighted by Crippen LogP contribution is 2.24. The average molecular weight is 374 g/mol. The van der Waals surface area contributed by atoms with E-state index >= 15 is 0 Å². The van der Waals surface area contributed by atoms with Crippen LogP contribution < -0.4 is 10.6 Å². The second-order valence-electron chi connectivity index (χ2n) is 6.67. The number of carbonyl (C=O) groups excluding carboxylic acids is 1. The van der Waals surface area contributed by atoms with Gasteiger partial charge < -0.3 is 10.6 Å². The number of benzene rings is 1. The highest BCUT2D eigenvalue weighted by molar-refractivity contribution is 6.30. The van der Waals surface area contributed by atoms with Crippen LogP contribution >= 0.6 is 11.6 Å². The topological polar surface area (TPSA) is 54.0 Å². The van der Waals surface area contributed by atoms with Crippen LogP contribution in [-0.2, 0) is 11.2 Å². The molecule has 6 heteroatoms. The Labute approximate surface area is 157 Å². The van der Waals surface area contributed by atoms with Crippen molar-refractivity contribution in [3.05, 3.63) is 69.9 Å². The Kier molecular flexibility index (Phi) is 5.57. The van der Waals surface area contributed by atoms with Gasteiger partial charge in [0.15, 0.2) is 0 Å². The maximum absolute atomic E-state index is 13.5. The van der Waals surface area contributed by atoms with Crippen molar-refractivity contribution in [1.82, 2.24) is 10.3 Å². The monoisotopic (exact) mass is 373 g/mol. The largest absolute Gasteiger partial charge is 0.358 e. The van der Waals surface area contributed by atoms with E-state index in [2.05, 4.69) is 15.6 Å². The number of nitrogens with one attached hydrogen (secondary N) is 2. The maximum atomic E-state index is 13.5. The first-order chi connectivity index (χ1) is 12.4. The van der Waals surface area contributed by atoms with Gasteiger partial charge in [-0.05, 0) is 41.8 Å². The zero-order valence-electron chi connectivity index (χ0n) is 14.8. The molecule has 2 N–H and O–H groups in total. The molecule has 4 nitrogen and oxygen atoms in total. The van der Waals surface area contributed by atoms with Crippen LogP contribution in [0.25, 0.3) is 0 Å². The van der Waals surface area contributed by atoms with Crippen molar-refractivity contribution in [2.24, 2.45) is 5.92 Å². The van der Waals surface area contributed by atoms with E-state index in [9.17, 15) is 9.18 Å². The fraction of sp³-hybridized carbons (Fsp3) is 0.300. The minimum absolute atomic E-state index is 0.0163. The van der Waals surface area contributed by atoms with E-state index in [0.717, 1.165) is 34.6 Å². The van der Waals surface area contributed by atoms with E-state index in [1.165, 1.54) is 12.1 Å². The number of rotatable bonds is 5. The Hall–Kier alpha value is -2.40. The number of aromatic nitrogens is 1. The first-order valence-electron chi connectivity index (χ1n) is 8.60. The smallest absolute Gasteiger partial charge is 0.249 e. The molecule has 1 aromatic carbocycles. The number of nitrogens with zero attached hydrogens (tertiary/aromatic N) is 1. The van der Waals surface area contributed by atoms with Gasteiger partial charge in [-0.15, -0.1) is 0 Å². The molecular weight excluding hydrogens is 353 g/mol. The third-order valence-electron chi connectivity index (χ3n) is 4.23. The summed E-state index contributed by atoms with van der Waals surface area (Å²) in [5.41, 5.74) is 4.14. The molecule has 0 spiro atoms. The summed E-state index contributed by atoms with van der Waals surface area (Å²) in [4.78, 5) is 16.5. The molecule has 0 atom stereocenters. The minimum atomic E-state index is -0.360. The number of carbonyl (C=O) groups is 1. The summed E-state index contributed by atoms with van der Waals surface area (Å²) in [7, 11) is 0. The van der Waals surface area contributed by atoms with Crippen molar-refractivity contribution in [1.29, 1.82) is 0 Å². The Bertz CT molecular complexity index is 844. The molecule has 1 aliphatic rings. The van der Waals surface area contributed by atoms with E-state index in [1.807, 2.05) is 26.0 Å². The summed E-state index contributed by atoms with van der Waals surface area (Å²) < 4.78 is 13.5. The summed E-state index contributed by atoms with van der Waals surface area (Å²) in [6, 6.07) is 8.25. The maximum Gasteiger partial charge on any atom is 0.249 e. The van der Waals surface area contributed by atoms with Gasteiger partial charge in [0.2, 0.25) is 5.91 Å². The quantitative estimate of drug-likeness (QED) is 0.821. The second kappa shape index (κ2) is 7.87. The van der Waals surface area contributed by atoms with Crippen LogP contribution in [0.4, 0.5) is 10.1 Å². The van der Waals surface area contributed by atoms with Crippen LogP contribution in [0.5, 0.6) is 0 Å². The van der Waals surface area contributed by atoms with Gasteiger partial charge in [-0.25, -0.2) is 4.39 Å². The molecule has 0 radical (unpaired) electrons. The van der Waals surface area contributed by atoms with Gasteiger partial charge in [-0.2, -0.15) is 0 Å². The first kappa shape index (κ1) is 18.4. The molecule has 2 heterocycles. The van der Waals surface area contributed by atoms with Gasteiger partial charge >= 0.3 is 0 Å². The third-order valence-corrected chi connectivity index (χ3v) is 4.45. The van der Waals surface area contributed by atoms with Crippen LogP contribution in [0, 0.1) is 11.7 Å². The number of hydrogen-bond acceptors (Lipinski definition) is 3. The molecule has 0 fully saturated rings. The van der Waals surface area contributed by atoms with Gasteiger partial charge in [0.25, 0.3) is 0 Å². The summed E-state index contributed by atoms with van der Waals surface area (Å²) in [5.74, 6) is -0.243. The zero-order valence-corrected chi connectivity index (χ0v) is 15.5. The van der Waals surface area contributed by atoms with Gasteiger partial charge in [0, 0.05) is 53.3 Å². The van der Waals surface area contributed by atoms with Gasteiger partial charge in [-0.3, -0.25) is 9.78 Å². The molecule has 26 heavy (non-hydrogen) atoms. The van der Waals surface area contributed by atoms with Crippen molar-refractivity contribution in [3.8, 4) is 0 Å². The van der Waals surface area contributed by atoms with E-state index in [4.69, 9.17) is 11.6 Å². The molecule has 0 saturated carbocycles. The molecule has 0 unspecified atom stereocenters. The predicted octanol–water partition coefficient (Wildman–Crippen LogP) is 4.31. The van der Waals surface area contributed by atoms with Crippen molar-refractivity contribution in [2.45, 2.75) is 26.7 Å². The van der Waals surface area contributed by atoms with Gasteiger partial charge in [-0.1, -0.05) is 25.4 Å².